The van der Waals surface area contributed by atoms with Gasteiger partial charge in [0.25, 0.3) is 22.2 Å². The molecule has 1 aliphatic rings. The van der Waals surface area contributed by atoms with E-state index in [9.17, 15) is 22.0 Å². The molecule has 3 aromatic rings. The summed E-state index contributed by atoms with van der Waals surface area (Å²) in [5, 5.41) is 7.59. The SMILES string of the molecule is CC(=O)Cc1ncc(S(=O)(=O)N2CCNC(c3cc(C(F)F)nc4ncnn34)C2)s1. The van der Waals surface area contributed by atoms with Crippen LogP contribution in [0.1, 0.15) is 35.8 Å². The number of thiazole rings is 1. The fourth-order valence-electron chi connectivity index (χ4n) is 3.19. The summed E-state index contributed by atoms with van der Waals surface area (Å²) in [5.74, 6) is -0.0965. The predicted octanol–water partition coefficient (Wildman–Crippen LogP) is 0.985. The number of Topliss-reactive ketones (excluding diaryl/α,β-unsaturated/α-hetero) is 1. The molecule has 0 bridgehead atoms. The van der Waals surface area contributed by atoms with Gasteiger partial charge in [0.2, 0.25) is 0 Å². The van der Waals surface area contributed by atoms with E-state index in [1.54, 1.807) is 0 Å². The minimum atomic E-state index is -3.86. The molecule has 1 fully saturated rings. The first-order valence-corrected chi connectivity index (χ1v) is 11.2. The average Bonchev–Trinajstić information content (AvgIpc) is 3.36. The van der Waals surface area contributed by atoms with E-state index < -0.39 is 28.2 Å². The molecule has 160 valence electrons. The Morgan fingerprint density at radius 2 is 2.20 bits per heavy atom. The van der Waals surface area contributed by atoms with E-state index >= 15 is 0 Å². The van der Waals surface area contributed by atoms with Crippen molar-refractivity contribution in [1.29, 1.82) is 0 Å². The van der Waals surface area contributed by atoms with Crippen molar-refractivity contribution in [2.24, 2.45) is 0 Å². The van der Waals surface area contributed by atoms with Crippen LogP contribution in [0.5, 0.6) is 0 Å². The van der Waals surface area contributed by atoms with Gasteiger partial charge in [0.05, 0.1) is 24.4 Å². The van der Waals surface area contributed by atoms with Crippen molar-refractivity contribution in [3.8, 4) is 0 Å². The molecule has 1 saturated heterocycles. The lowest BCUT2D eigenvalue weighted by atomic mass is 10.1. The van der Waals surface area contributed by atoms with E-state index in [1.807, 2.05) is 0 Å². The summed E-state index contributed by atoms with van der Waals surface area (Å²) in [7, 11) is -3.86. The summed E-state index contributed by atoms with van der Waals surface area (Å²) in [6.45, 7) is 1.92. The molecule has 0 radical (unpaired) electrons. The molecule has 14 heteroatoms. The van der Waals surface area contributed by atoms with Gasteiger partial charge < -0.3 is 5.32 Å². The molecule has 0 aromatic carbocycles. The van der Waals surface area contributed by atoms with Crippen molar-refractivity contribution in [2.45, 2.75) is 30.0 Å². The molecular weight excluding hydrogens is 440 g/mol. The summed E-state index contributed by atoms with van der Waals surface area (Å²) >= 11 is 0.950. The van der Waals surface area contributed by atoms with Gasteiger partial charge >= 0.3 is 0 Å². The van der Waals surface area contributed by atoms with Gasteiger partial charge in [0, 0.05) is 19.6 Å². The zero-order chi connectivity index (χ0) is 21.5. The summed E-state index contributed by atoms with van der Waals surface area (Å²) in [4.78, 5) is 22.9. The monoisotopic (exact) mass is 457 g/mol. The van der Waals surface area contributed by atoms with Crippen LogP contribution in [0.4, 0.5) is 8.78 Å². The predicted molar refractivity (Wildman–Crippen MR) is 102 cm³/mol. The molecule has 0 saturated carbocycles. The minimum absolute atomic E-state index is 0.00390. The number of hydrogen-bond acceptors (Lipinski definition) is 9. The van der Waals surface area contributed by atoms with E-state index in [2.05, 4.69) is 25.4 Å². The molecule has 1 aliphatic heterocycles. The number of fused-ring (bicyclic) bond motifs is 1. The number of alkyl halides is 2. The maximum absolute atomic E-state index is 13.3. The maximum Gasteiger partial charge on any atom is 0.280 e. The Kier molecular flexibility index (Phi) is 5.57. The van der Waals surface area contributed by atoms with Crippen molar-refractivity contribution in [1.82, 2.24) is 34.2 Å². The minimum Gasteiger partial charge on any atom is -0.306 e. The Balaban J connectivity index is 1.64. The molecule has 0 amide bonds. The zero-order valence-corrected chi connectivity index (χ0v) is 17.3. The molecule has 1 atom stereocenters. The van der Waals surface area contributed by atoms with Gasteiger partial charge in [-0.1, -0.05) is 0 Å². The van der Waals surface area contributed by atoms with Crippen molar-refractivity contribution in [2.75, 3.05) is 19.6 Å². The topological polar surface area (TPSA) is 122 Å². The van der Waals surface area contributed by atoms with Gasteiger partial charge in [0.15, 0.2) is 4.21 Å². The normalized spacial score (nSPS) is 18.3. The summed E-state index contributed by atoms with van der Waals surface area (Å²) in [6, 6.07) is 0.612. The number of halogens is 2. The van der Waals surface area contributed by atoms with Gasteiger partial charge in [-0.3, -0.25) is 4.79 Å². The summed E-state index contributed by atoms with van der Waals surface area (Å²) in [6.07, 6.45) is -0.286. The molecule has 1 unspecified atom stereocenters. The Morgan fingerprint density at radius 1 is 1.40 bits per heavy atom. The highest BCUT2D eigenvalue weighted by Crippen LogP contribution is 2.28. The Labute approximate surface area is 174 Å². The Bertz CT molecular complexity index is 1190. The third-order valence-electron chi connectivity index (χ3n) is 4.54. The molecular formula is C16H17F2N7O3S2. The highest BCUT2D eigenvalue weighted by molar-refractivity contribution is 7.91. The average molecular weight is 457 g/mol. The number of hydrogen-bond donors (Lipinski definition) is 1. The maximum atomic E-state index is 13.3. The van der Waals surface area contributed by atoms with Gasteiger partial charge in [-0.2, -0.15) is 18.9 Å². The standard InChI is InChI=1S/C16H17F2N7O3S2/c1-9(26)4-13-20-6-14(29-13)30(27,28)24-3-2-19-11(7-24)12-5-10(15(17)18)23-16-21-8-22-25(12)16/h5-6,8,11,15,19H,2-4,7H2,1H3. The molecule has 0 spiro atoms. The highest BCUT2D eigenvalue weighted by Gasteiger charge is 2.34. The number of aromatic nitrogens is 5. The largest absolute Gasteiger partial charge is 0.306 e. The lowest BCUT2D eigenvalue weighted by Gasteiger charge is -2.32. The summed E-state index contributed by atoms with van der Waals surface area (Å²) in [5.41, 5.74) is -0.113. The lowest BCUT2D eigenvalue weighted by Crippen LogP contribution is -2.48. The Morgan fingerprint density at radius 3 is 2.93 bits per heavy atom. The van der Waals surface area contributed by atoms with Crippen LogP contribution in [-0.4, -0.2) is 62.7 Å². The van der Waals surface area contributed by atoms with Crippen LogP contribution in [0, 0.1) is 0 Å². The second-order valence-corrected chi connectivity index (χ2v) is 9.98. The second kappa shape index (κ2) is 8.02. The number of sulfonamides is 1. The van der Waals surface area contributed by atoms with Crippen LogP contribution in [0.3, 0.4) is 0 Å². The van der Waals surface area contributed by atoms with Crippen LogP contribution in [-0.2, 0) is 21.2 Å². The van der Waals surface area contributed by atoms with Crippen molar-refractivity contribution in [3.05, 3.63) is 35.0 Å². The van der Waals surface area contributed by atoms with Gasteiger partial charge in [-0.25, -0.2) is 27.2 Å². The number of carbonyl (C=O) groups is 1. The molecule has 0 aliphatic carbocycles. The van der Waals surface area contributed by atoms with Crippen molar-refractivity contribution in [3.63, 3.8) is 0 Å². The van der Waals surface area contributed by atoms with Gasteiger partial charge in [0.1, 0.15) is 22.8 Å². The van der Waals surface area contributed by atoms with E-state index in [0.717, 1.165) is 11.3 Å². The van der Waals surface area contributed by atoms with E-state index in [0.29, 0.717) is 17.2 Å². The quantitative estimate of drug-likeness (QED) is 0.581. The fourth-order valence-corrected chi connectivity index (χ4v) is 6.05. The van der Waals surface area contributed by atoms with Crippen molar-refractivity contribution >= 4 is 32.9 Å². The fraction of sp³-hybridized carbons (Fsp3) is 0.438. The molecule has 1 N–H and O–H groups in total. The van der Waals surface area contributed by atoms with Gasteiger partial charge in [-0.05, 0) is 13.0 Å². The summed E-state index contributed by atoms with van der Waals surface area (Å²) < 4.78 is 55.3. The van der Waals surface area contributed by atoms with E-state index in [4.69, 9.17) is 0 Å². The van der Waals surface area contributed by atoms with Crippen LogP contribution >= 0.6 is 11.3 Å². The number of rotatable bonds is 6. The third kappa shape index (κ3) is 3.95. The first kappa shape index (κ1) is 20.8. The number of nitrogens with one attached hydrogen (secondary N) is 1. The first-order chi connectivity index (χ1) is 14.3. The van der Waals surface area contributed by atoms with Crippen LogP contribution in [0.15, 0.2) is 22.8 Å². The van der Waals surface area contributed by atoms with Gasteiger partial charge in [-0.15, -0.1) is 11.3 Å². The smallest absolute Gasteiger partial charge is 0.280 e. The number of piperazine rings is 1. The number of ketones is 1. The molecule has 4 rings (SSSR count). The van der Waals surface area contributed by atoms with Crippen LogP contribution in [0.25, 0.3) is 5.78 Å². The highest BCUT2D eigenvalue weighted by atomic mass is 32.2. The van der Waals surface area contributed by atoms with E-state index in [1.165, 1.54) is 34.3 Å². The number of nitrogens with zero attached hydrogens (tertiary/aromatic N) is 6. The molecule has 3 aromatic heterocycles. The van der Waals surface area contributed by atoms with Crippen LogP contribution in [0.2, 0.25) is 0 Å². The lowest BCUT2D eigenvalue weighted by molar-refractivity contribution is -0.116. The Hall–Kier alpha value is -2.42. The van der Waals surface area contributed by atoms with E-state index in [-0.39, 0.29) is 35.3 Å². The van der Waals surface area contributed by atoms with Crippen molar-refractivity contribution < 1.29 is 22.0 Å². The third-order valence-corrected chi connectivity index (χ3v) is 7.84. The second-order valence-electron chi connectivity index (χ2n) is 6.70. The first-order valence-electron chi connectivity index (χ1n) is 8.92. The molecule has 4 heterocycles. The molecule has 30 heavy (non-hydrogen) atoms. The zero-order valence-electron chi connectivity index (χ0n) is 15.7. The number of carbonyl (C=O) groups excluding carboxylic acids is 1. The van der Waals surface area contributed by atoms with Crippen LogP contribution < -0.4 is 5.32 Å². The molecule has 10 nitrogen and oxygen atoms in total.